The van der Waals surface area contributed by atoms with Gasteiger partial charge in [-0.05, 0) is 24.3 Å². The summed E-state index contributed by atoms with van der Waals surface area (Å²) in [6, 6.07) is 6.25. The first-order chi connectivity index (χ1) is 9.69. The summed E-state index contributed by atoms with van der Waals surface area (Å²) in [4.78, 5) is 32.6. The molecule has 4 N–H and O–H groups in total. The van der Waals surface area contributed by atoms with E-state index in [4.69, 9.17) is 11.5 Å². The van der Waals surface area contributed by atoms with Gasteiger partial charge in [0, 0.05) is 36.6 Å². The van der Waals surface area contributed by atoms with Gasteiger partial charge in [-0.1, -0.05) is 0 Å². The maximum atomic E-state index is 12.3. The van der Waals surface area contributed by atoms with Crippen LogP contribution >= 0.6 is 0 Å². The van der Waals surface area contributed by atoms with Gasteiger partial charge in [-0.25, -0.2) is 0 Å². The van der Waals surface area contributed by atoms with Gasteiger partial charge in [0.25, 0.3) is 0 Å². The molecule has 2 aromatic heterocycles. The lowest BCUT2D eigenvalue weighted by Crippen LogP contribution is -2.21. The van der Waals surface area contributed by atoms with E-state index in [1.165, 1.54) is 24.5 Å². The normalized spacial score (nSPS) is 10.3. The zero-order valence-electron chi connectivity index (χ0n) is 10.7. The molecule has 6 nitrogen and oxygen atoms in total. The molecule has 2 aromatic rings. The Labute approximate surface area is 115 Å². The molecule has 20 heavy (non-hydrogen) atoms. The Balaban J connectivity index is 2.41. The van der Waals surface area contributed by atoms with Crippen LogP contribution in [0.3, 0.4) is 0 Å². The van der Waals surface area contributed by atoms with E-state index in [-0.39, 0.29) is 24.2 Å². The van der Waals surface area contributed by atoms with Crippen LogP contribution in [0.1, 0.15) is 32.1 Å². The Morgan fingerprint density at radius 1 is 0.850 bits per heavy atom. The maximum Gasteiger partial charge on any atom is 0.235 e. The first-order valence-electron chi connectivity index (χ1n) is 6.06. The van der Waals surface area contributed by atoms with Crippen LogP contribution in [0.2, 0.25) is 0 Å². The van der Waals surface area contributed by atoms with Crippen LogP contribution < -0.4 is 11.5 Å². The number of carbonyl (C=O) groups is 2. The van der Waals surface area contributed by atoms with Crippen molar-refractivity contribution in [1.82, 2.24) is 9.97 Å². The molecule has 2 rings (SSSR count). The van der Waals surface area contributed by atoms with Crippen LogP contribution in [0.25, 0.3) is 0 Å². The molecular formula is C14H14N4O2. The van der Waals surface area contributed by atoms with Crippen molar-refractivity contribution in [2.75, 3.05) is 0 Å². The van der Waals surface area contributed by atoms with E-state index in [9.17, 15) is 9.59 Å². The van der Waals surface area contributed by atoms with Gasteiger partial charge in [0.05, 0.1) is 11.4 Å². The van der Waals surface area contributed by atoms with E-state index in [1.54, 1.807) is 12.1 Å². The molecule has 0 saturated carbocycles. The average molecular weight is 270 g/mol. The third kappa shape index (κ3) is 2.61. The highest BCUT2D eigenvalue weighted by atomic mass is 16.2. The Morgan fingerprint density at radius 2 is 1.25 bits per heavy atom. The monoisotopic (exact) mass is 270 g/mol. The number of pyridine rings is 2. The minimum atomic E-state index is -0.652. The van der Waals surface area contributed by atoms with Crippen LogP contribution in [0.5, 0.6) is 0 Å². The zero-order chi connectivity index (χ0) is 14.5. The summed E-state index contributed by atoms with van der Waals surface area (Å²) in [5, 5.41) is 0. The summed E-state index contributed by atoms with van der Waals surface area (Å²) in [6.45, 7) is 0.179. The van der Waals surface area contributed by atoms with Gasteiger partial charge in [-0.15, -0.1) is 0 Å². The van der Waals surface area contributed by atoms with Gasteiger partial charge in [0.2, 0.25) is 11.6 Å². The molecule has 0 saturated heterocycles. The maximum absolute atomic E-state index is 12.3. The molecular weight excluding hydrogens is 256 g/mol. The predicted molar refractivity (Wildman–Crippen MR) is 72.9 cm³/mol. The number of rotatable bonds is 5. The van der Waals surface area contributed by atoms with Crippen LogP contribution in [-0.2, 0) is 13.1 Å². The minimum absolute atomic E-state index is 0.0893. The van der Waals surface area contributed by atoms with E-state index in [2.05, 4.69) is 9.97 Å². The molecule has 0 fully saturated rings. The van der Waals surface area contributed by atoms with Crippen LogP contribution in [0.4, 0.5) is 0 Å². The lowest BCUT2D eigenvalue weighted by molar-refractivity contribution is 0.0815. The fraction of sp³-hybridized carbons (Fsp3) is 0.143. The SMILES string of the molecule is NCc1ncccc1C(=O)C(=O)c1cccnc1CN. The van der Waals surface area contributed by atoms with Gasteiger partial charge in [0.1, 0.15) is 0 Å². The van der Waals surface area contributed by atoms with Crippen molar-refractivity contribution in [3.63, 3.8) is 0 Å². The van der Waals surface area contributed by atoms with Crippen LogP contribution in [0.15, 0.2) is 36.7 Å². The molecule has 0 unspecified atom stereocenters. The Bertz CT molecular complexity index is 598. The summed E-state index contributed by atoms with van der Waals surface area (Å²) in [7, 11) is 0. The van der Waals surface area contributed by atoms with Gasteiger partial charge < -0.3 is 11.5 Å². The molecule has 0 spiro atoms. The van der Waals surface area contributed by atoms with Gasteiger partial charge in [-0.3, -0.25) is 19.6 Å². The number of nitrogens with zero attached hydrogens (tertiary/aromatic N) is 2. The van der Waals surface area contributed by atoms with Crippen molar-refractivity contribution < 1.29 is 9.59 Å². The van der Waals surface area contributed by atoms with Crippen molar-refractivity contribution in [2.24, 2.45) is 11.5 Å². The highest BCUT2D eigenvalue weighted by molar-refractivity contribution is 6.49. The summed E-state index contributed by atoms with van der Waals surface area (Å²) >= 11 is 0. The fourth-order valence-electron chi connectivity index (χ4n) is 1.86. The third-order valence-corrected chi connectivity index (χ3v) is 2.86. The molecule has 0 radical (unpaired) electrons. The summed E-state index contributed by atoms with van der Waals surface area (Å²) in [5.74, 6) is -1.30. The van der Waals surface area contributed by atoms with E-state index >= 15 is 0 Å². The van der Waals surface area contributed by atoms with E-state index in [0.717, 1.165) is 0 Å². The van der Waals surface area contributed by atoms with Crippen molar-refractivity contribution >= 4 is 11.6 Å². The largest absolute Gasteiger partial charge is 0.325 e. The van der Waals surface area contributed by atoms with Gasteiger partial charge in [-0.2, -0.15) is 0 Å². The second-order valence-corrected chi connectivity index (χ2v) is 4.06. The first-order valence-corrected chi connectivity index (χ1v) is 6.06. The Hall–Kier alpha value is -2.44. The van der Waals surface area contributed by atoms with Crippen LogP contribution in [0, 0.1) is 0 Å². The molecule has 6 heteroatoms. The summed E-state index contributed by atoms with van der Waals surface area (Å²) in [6.07, 6.45) is 3.05. The molecule has 0 aliphatic carbocycles. The van der Waals surface area contributed by atoms with Gasteiger partial charge in [0.15, 0.2) is 0 Å². The average Bonchev–Trinajstić information content (AvgIpc) is 2.53. The highest BCUT2D eigenvalue weighted by Gasteiger charge is 2.23. The number of hydrogen-bond acceptors (Lipinski definition) is 6. The number of Topliss-reactive ketones (excluding diaryl/α,β-unsaturated/α-hetero) is 2. The first kappa shape index (κ1) is 14.0. The number of nitrogens with two attached hydrogens (primary N) is 2. The van der Waals surface area contributed by atoms with Crippen molar-refractivity contribution in [1.29, 1.82) is 0 Å². The fourth-order valence-corrected chi connectivity index (χ4v) is 1.86. The predicted octanol–water partition coefficient (Wildman–Crippen LogP) is 0.460. The van der Waals surface area contributed by atoms with E-state index < -0.39 is 11.6 Å². The Kier molecular flexibility index (Phi) is 4.29. The third-order valence-electron chi connectivity index (χ3n) is 2.86. The molecule has 0 aliphatic heterocycles. The quantitative estimate of drug-likeness (QED) is 0.603. The molecule has 102 valence electrons. The minimum Gasteiger partial charge on any atom is -0.325 e. The van der Waals surface area contributed by atoms with Crippen molar-refractivity contribution in [3.05, 3.63) is 59.2 Å². The zero-order valence-corrected chi connectivity index (χ0v) is 10.7. The van der Waals surface area contributed by atoms with E-state index in [1.807, 2.05) is 0 Å². The van der Waals surface area contributed by atoms with Crippen molar-refractivity contribution in [3.8, 4) is 0 Å². The van der Waals surface area contributed by atoms with Crippen molar-refractivity contribution in [2.45, 2.75) is 13.1 Å². The summed E-state index contributed by atoms with van der Waals surface area (Å²) in [5.41, 5.74) is 12.3. The number of carbonyl (C=O) groups excluding carboxylic acids is 2. The second kappa shape index (κ2) is 6.14. The highest BCUT2D eigenvalue weighted by Crippen LogP contribution is 2.12. The number of ketones is 2. The van der Waals surface area contributed by atoms with Gasteiger partial charge >= 0.3 is 0 Å². The lowest BCUT2D eigenvalue weighted by atomic mass is 9.99. The Morgan fingerprint density at radius 3 is 1.60 bits per heavy atom. The molecule has 0 aromatic carbocycles. The van der Waals surface area contributed by atoms with Crippen LogP contribution in [-0.4, -0.2) is 21.5 Å². The standard InChI is InChI=1S/C14H14N4O2/c15-7-11-9(3-1-5-17-11)13(19)14(20)10-4-2-6-18-12(10)8-16/h1-6H,7-8,15-16H2. The summed E-state index contributed by atoms with van der Waals surface area (Å²) < 4.78 is 0. The molecule has 0 amide bonds. The topological polar surface area (TPSA) is 112 Å². The lowest BCUT2D eigenvalue weighted by Gasteiger charge is -2.07. The molecule has 0 bridgehead atoms. The van der Waals surface area contributed by atoms with E-state index in [0.29, 0.717) is 11.4 Å². The molecule has 0 aliphatic rings. The molecule has 0 atom stereocenters. The molecule has 2 heterocycles. The number of hydrogen-bond donors (Lipinski definition) is 2. The number of aromatic nitrogens is 2. The second-order valence-electron chi connectivity index (χ2n) is 4.06. The smallest absolute Gasteiger partial charge is 0.235 e.